The minimum absolute atomic E-state index is 0.121. The van der Waals surface area contributed by atoms with Gasteiger partial charge in [0.2, 0.25) is 11.8 Å². The van der Waals surface area contributed by atoms with Crippen molar-refractivity contribution in [2.24, 2.45) is 11.8 Å². The van der Waals surface area contributed by atoms with Crippen LogP contribution < -0.4 is 10.2 Å². The van der Waals surface area contributed by atoms with Crippen molar-refractivity contribution in [3.8, 4) is 0 Å². The Hall–Kier alpha value is -3.10. The van der Waals surface area contributed by atoms with Gasteiger partial charge in [0.1, 0.15) is 11.6 Å². The largest absolute Gasteiger partial charge is 0.444 e. The van der Waals surface area contributed by atoms with Crippen LogP contribution >= 0.6 is 0 Å². The monoisotopic (exact) mass is 524 g/mol. The quantitative estimate of drug-likeness (QED) is 0.603. The summed E-state index contributed by atoms with van der Waals surface area (Å²) in [6, 6.07) is 5.29. The minimum atomic E-state index is -0.590. The van der Waals surface area contributed by atoms with Crippen molar-refractivity contribution in [3.05, 3.63) is 29.3 Å². The fraction of sp³-hybridized carbons (Fsp3) is 0.655. The van der Waals surface area contributed by atoms with Gasteiger partial charge in [0.25, 0.3) is 5.91 Å². The van der Waals surface area contributed by atoms with Crippen molar-refractivity contribution >= 4 is 29.5 Å². The number of hydrogen-bond acceptors (Lipinski definition) is 6. The van der Waals surface area contributed by atoms with Crippen LogP contribution in [0.2, 0.25) is 0 Å². The molecule has 5 rings (SSSR count). The minimum Gasteiger partial charge on any atom is -0.444 e. The summed E-state index contributed by atoms with van der Waals surface area (Å²) < 4.78 is 5.53. The first-order valence-corrected chi connectivity index (χ1v) is 14.1. The van der Waals surface area contributed by atoms with Crippen LogP contribution in [0.1, 0.15) is 81.6 Å². The maximum Gasteiger partial charge on any atom is 0.410 e. The molecule has 0 spiro atoms. The fourth-order valence-electron chi connectivity index (χ4n) is 6.42. The lowest BCUT2D eigenvalue weighted by molar-refractivity contribution is -0.136. The van der Waals surface area contributed by atoms with Gasteiger partial charge in [-0.25, -0.2) is 4.79 Å². The molecule has 0 bridgehead atoms. The molecule has 4 aliphatic rings. The zero-order valence-electron chi connectivity index (χ0n) is 22.8. The van der Waals surface area contributed by atoms with Gasteiger partial charge in [-0.2, -0.15) is 0 Å². The number of ether oxygens (including phenoxy) is 1. The standard InChI is InChI=1S/C29H40N4O5/c1-29(2,3)38-28(37)32-15-11-20(12-16-32)17-19-9-13-31(14-10-19)23-6-4-5-21-22(23)18-33(27(21)36)24-7-8-25(34)30-26(24)35/h4-6,19-20,24H,7-18H2,1-3H3,(H,30,34,35). The summed E-state index contributed by atoms with van der Waals surface area (Å²) >= 11 is 0. The second-order valence-electron chi connectivity index (χ2n) is 12.3. The van der Waals surface area contributed by atoms with Gasteiger partial charge in [0.05, 0.1) is 0 Å². The fourth-order valence-corrected chi connectivity index (χ4v) is 6.42. The number of likely N-dealkylation sites (tertiary alicyclic amines) is 1. The van der Waals surface area contributed by atoms with Gasteiger partial charge in [0.15, 0.2) is 0 Å². The third-order valence-corrected chi connectivity index (χ3v) is 8.45. The molecule has 38 heavy (non-hydrogen) atoms. The first-order chi connectivity index (χ1) is 18.1. The molecule has 0 aliphatic carbocycles. The van der Waals surface area contributed by atoms with E-state index in [1.165, 1.54) is 6.42 Å². The van der Waals surface area contributed by atoms with Crippen LogP contribution in [-0.2, 0) is 20.9 Å². The highest BCUT2D eigenvalue weighted by Gasteiger charge is 2.40. The number of hydrogen-bond donors (Lipinski definition) is 1. The zero-order chi connectivity index (χ0) is 27.0. The summed E-state index contributed by atoms with van der Waals surface area (Å²) in [5.41, 5.74) is 2.30. The van der Waals surface area contributed by atoms with Crippen molar-refractivity contribution in [3.63, 3.8) is 0 Å². The van der Waals surface area contributed by atoms with E-state index in [0.29, 0.717) is 30.4 Å². The van der Waals surface area contributed by atoms with Crippen LogP contribution in [0.5, 0.6) is 0 Å². The van der Waals surface area contributed by atoms with Gasteiger partial charge in [-0.1, -0.05) is 6.07 Å². The van der Waals surface area contributed by atoms with Crippen molar-refractivity contribution in [2.45, 2.75) is 83.9 Å². The Balaban J connectivity index is 1.14. The van der Waals surface area contributed by atoms with Crippen LogP contribution in [0, 0.1) is 11.8 Å². The summed E-state index contributed by atoms with van der Waals surface area (Å²) in [6.45, 7) is 9.56. The highest BCUT2D eigenvalue weighted by molar-refractivity contribution is 6.06. The van der Waals surface area contributed by atoms with Gasteiger partial charge in [0, 0.05) is 56.0 Å². The molecule has 0 radical (unpaired) electrons. The maximum atomic E-state index is 13.2. The smallest absolute Gasteiger partial charge is 0.410 e. The predicted molar refractivity (Wildman–Crippen MR) is 143 cm³/mol. The number of fused-ring (bicyclic) bond motifs is 1. The van der Waals surface area contributed by atoms with E-state index >= 15 is 0 Å². The summed E-state index contributed by atoms with van der Waals surface area (Å²) in [4.78, 5) is 55.4. The van der Waals surface area contributed by atoms with Crippen LogP contribution in [-0.4, -0.2) is 71.4 Å². The first kappa shape index (κ1) is 26.5. The highest BCUT2D eigenvalue weighted by Crippen LogP contribution is 2.37. The molecule has 3 saturated heterocycles. The van der Waals surface area contributed by atoms with Gasteiger partial charge >= 0.3 is 6.09 Å². The molecule has 3 fully saturated rings. The van der Waals surface area contributed by atoms with E-state index in [1.54, 1.807) is 4.90 Å². The van der Waals surface area contributed by atoms with Crippen LogP contribution in [0.3, 0.4) is 0 Å². The lowest BCUT2D eigenvalue weighted by atomic mass is 9.82. The van der Waals surface area contributed by atoms with E-state index in [9.17, 15) is 19.2 Å². The van der Waals surface area contributed by atoms with Crippen molar-refractivity contribution in [1.82, 2.24) is 15.1 Å². The number of piperidine rings is 3. The number of benzene rings is 1. The van der Waals surface area contributed by atoms with Crippen LogP contribution in [0.15, 0.2) is 18.2 Å². The molecule has 9 heteroatoms. The van der Waals surface area contributed by atoms with E-state index in [2.05, 4.69) is 16.3 Å². The van der Waals surface area contributed by atoms with E-state index in [-0.39, 0.29) is 30.2 Å². The molecule has 9 nitrogen and oxygen atoms in total. The Morgan fingerprint density at radius 1 is 0.974 bits per heavy atom. The first-order valence-electron chi connectivity index (χ1n) is 14.1. The number of imide groups is 1. The lowest BCUT2D eigenvalue weighted by Gasteiger charge is -2.38. The molecule has 4 amide bonds. The highest BCUT2D eigenvalue weighted by atomic mass is 16.6. The van der Waals surface area contributed by atoms with Crippen molar-refractivity contribution < 1.29 is 23.9 Å². The Kier molecular flexibility index (Phi) is 7.38. The number of nitrogens with one attached hydrogen (secondary N) is 1. The predicted octanol–water partition coefficient (Wildman–Crippen LogP) is 3.70. The van der Waals surface area contributed by atoms with Crippen molar-refractivity contribution in [1.29, 1.82) is 0 Å². The molecule has 1 atom stereocenters. The summed E-state index contributed by atoms with van der Waals surface area (Å²) in [6.07, 6.45) is 5.92. The number of rotatable bonds is 4. The van der Waals surface area contributed by atoms with E-state index in [1.807, 2.05) is 37.8 Å². The van der Waals surface area contributed by atoms with Crippen molar-refractivity contribution in [2.75, 3.05) is 31.1 Å². The summed E-state index contributed by atoms with van der Waals surface area (Å²) in [7, 11) is 0. The van der Waals surface area contributed by atoms with Crippen LogP contribution in [0.4, 0.5) is 10.5 Å². The van der Waals surface area contributed by atoms with E-state index < -0.39 is 11.6 Å². The second-order valence-corrected chi connectivity index (χ2v) is 12.3. The maximum absolute atomic E-state index is 13.2. The molecule has 0 aromatic heterocycles. The summed E-state index contributed by atoms with van der Waals surface area (Å²) in [5.74, 6) is 0.548. The molecule has 1 N–H and O–H groups in total. The Morgan fingerprint density at radius 2 is 1.63 bits per heavy atom. The average Bonchev–Trinajstić information content (AvgIpc) is 3.20. The average molecular weight is 525 g/mol. The molecule has 1 aromatic rings. The molecular weight excluding hydrogens is 484 g/mol. The number of carbonyl (C=O) groups is 4. The Morgan fingerprint density at radius 3 is 2.26 bits per heavy atom. The third-order valence-electron chi connectivity index (χ3n) is 8.45. The van der Waals surface area contributed by atoms with Gasteiger partial charge in [-0.3, -0.25) is 19.7 Å². The molecular formula is C29H40N4O5. The van der Waals surface area contributed by atoms with E-state index in [4.69, 9.17) is 4.74 Å². The molecule has 0 saturated carbocycles. The number of nitrogens with zero attached hydrogens (tertiary/aromatic N) is 3. The van der Waals surface area contributed by atoms with Gasteiger partial charge in [-0.15, -0.1) is 0 Å². The SMILES string of the molecule is CC(C)(C)OC(=O)N1CCC(CC2CCN(c3cccc4c3CN(C3CCC(=O)NC3=O)C4=O)CC2)CC1. The molecule has 1 aromatic carbocycles. The lowest BCUT2D eigenvalue weighted by Crippen LogP contribution is -2.52. The van der Waals surface area contributed by atoms with Crippen LogP contribution in [0.25, 0.3) is 0 Å². The Labute approximate surface area is 224 Å². The summed E-state index contributed by atoms with van der Waals surface area (Å²) in [5, 5.41) is 2.38. The molecule has 206 valence electrons. The normalized spacial score (nSPS) is 23.5. The second kappa shape index (κ2) is 10.6. The topological polar surface area (TPSA) is 99.3 Å². The zero-order valence-corrected chi connectivity index (χ0v) is 22.8. The third kappa shape index (κ3) is 5.66. The van der Waals surface area contributed by atoms with E-state index in [0.717, 1.165) is 63.1 Å². The Bertz CT molecular complexity index is 1100. The number of anilines is 1. The van der Waals surface area contributed by atoms with Gasteiger partial charge in [-0.05, 0) is 83.3 Å². The van der Waals surface area contributed by atoms with Gasteiger partial charge < -0.3 is 19.4 Å². The number of amides is 4. The molecule has 1 unspecified atom stereocenters. The molecule has 4 heterocycles. The number of carbonyl (C=O) groups excluding carboxylic acids is 4. The molecule has 4 aliphatic heterocycles.